The summed E-state index contributed by atoms with van der Waals surface area (Å²) in [5, 5.41) is 0. The van der Waals surface area contributed by atoms with Crippen LogP contribution in [0.4, 0.5) is 0 Å². The molecular weight excluding hydrogens is 446 g/mol. The Bertz CT molecular complexity index is 1370. The number of nitrogens with zero attached hydrogens (tertiary/aromatic N) is 3. The van der Waals surface area contributed by atoms with Crippen LogP contribution in [-0.4, -0.2) is 45.6 Å². The monoisotopic (exact) mass is 475 g/mol. The summed E-state index contributed by atoms with van der Waals surface area (Å²) in [5.41, 5.74) is 1.40. The largest absolute Gasteiger partial charge is 0.466 e. The van der Waals surface area contributed by atoms with Crippen LogP contribution in [0.1, 0.15) is 35.7 Å². The van der Waals surface area contributed by atoms with E-state index in [1.165, 1.54) is 9.13 Å². The molecule has 182 valence electrons. The predicted molar refractivity (Wildman–Crippen MR) is 133 cm³/mol. The Hall–Kier alpha value is -3.94. The van der Waals surface area contributed by atoms with Crippen LogP contribution in [0.25, 0.3) is 11.0 Å². The van der Waals surface area contributed by atoms with Crippen LogP contribution in [0.15, 0.2) is 70.8 Å². The number of esters is 1. The minimum atomic E-state index is -0.607. The molecule has 0 N–H and O–H groups in total. The van der Waals surface area contributed by atoms with Crippen molar-refractivity contribution in [2.75, 3.05) is 19.7 Å². The standard InChI is InChI=1S/C27H29N3O5/c1-3-15-29-22-9-5-6-10-23(22)30(26(33)25(29)32)17-19-11-13-20(14-12-19)24(31)28-16-7-8-21(18-28)27(34)35-4-2/h3,5-6,9-14,21H,1,4,7-8,15-18H2,2H3. The lowest BCUT2D eigenvalue weighted by molar-refractivity contribution is -0.149. The Kier molecular flexibility index (Phi) is 7.29. The maximum atomic E-state index is 13.0. The number of rotatable bonds is 7. The van der Waals surface area contributed by atoms with E-state index in [1.54, 1.807) is 48.2 Å². The summed E-state index contributed by atoms with van der Waals surface area (Å²) in [4.78, 5) is 52.4. The van der Waals surface area contributed by atoms with Gasteiger partial charge in [0.1, 0.15) is 0 Å². The number of para-hydroxylation sites is 2. The number of carbonyl (C=O) groups is 2. The molecule has 1 aromatic heterocycles. The van der Waals surface area contributed by atoms with Gasteiger partial charge in [0.15, 0.2) is 0 Å². The van der Waals surface area contributed by atoms with E-state index >= 15 is 0 Å². The summed E-state index contributed by atoms with van der Waals surface area (Å²) in [6.45, 7) is 7.17. The Morgan fingerprint density at radius 3 is 2.34 bits per heavy atom. The lowest BCUT2D eigenvalue weighted by atomic mass is 9.97. The average Bonchev–Trinajstić information content (AvgIpc) is 2.89. The summed E-state index contributed by atoms with van der Waals surface area (Å²) in [6.07, 6.45) is 3.06. The van der Waals surface area contributed by atoms with Gasteiger partial charge in [-0.15, -0.1) is 6.58 Å². The van der Waals surface area contributed by atoms with E-state index in [4.69, 9.17) is 4.74 Å². The third kappa shape index (κ3) is 4.96. The maximum Gasteiger partial charge on any atom is 0.317 e. The Labute approximate surface area is 203 Å². The first-order valence-corrected chi connectivity index (χ1v) is 11.8. The van der Waals surface area contributed by atoms with Gasteiger partial charge in [-0.25, -0.2) is 0 Å². The van der Waals surface area contributed by atoms with E-state index < -0.39 is 11.1 Å². The van der Waals surface area contributed by atoms with Gasteiger partial charge in [-0.05, 0) is 49.6 Å². The van der Waals surface area contributed by atoms with Gasteiger partial charge in [0, 0.05) is 25.2 Å². The summed E-state index contributed by atoms with van der Waals surface area (Å²) in [5.74, 6) is -0.691. The van der Waals surface area contributed by atoms with Crippen LogP contribution in [-0.2, 0) is 22.6 Å². The fourth-order valence-electron chi connectivity index (χ4n) is 4.57. The second-order valence-electron chi connectivity index (χ2n) is 8.62. The Morgan fingerprint density at radius 1 is 1.03 bits per heavy atom. The van der Waals surface area contributed by atoms with Crippen LogP contribution in [0.5, 0.6) is 0 Å². The highest BCUT2D eigenvalue weighted by molar-refractivity contribution is 5.94. The highest BCUT2D eigenvalue weighted by Crippen LogP contribution is 2.20. The van der Waals surface area contributed by atoms with Gasteiger partial charge in [0.25, 0.3) is 5.91 Å². The molecule has 0 bridgehead atoms. The molecule has 2 heterocycles. The third-order valence-corrected chi connectivity index (χ3v) is 6.32. The molecule has 1 aliphatic rings. The van der Waals surface area contributed by atoms with Crippen molar-refractivity contribution >= 4 is 22.9 Å². The van der Waals surface area contributed by atoms with Crippen molar-refractivity contribution in [3.8, 4) is 0 Å². The number of likely N-dealkylation sites (tertiary alicyclic amines) is 1. The van der Waals surface area contributed by atoms with Gasteiger partial charge in [0.05, 0.1) is 30.1 Å². The quantitative estimate of drug-likeness (QED) is 0.298. The molecule has 35 heavy (non-hydrogen) atoms. The number of hydrogen-bond donors (Lipinski definition) is 0. The summed E-state index contributed by atoms with van der Waals surface area (Å²) < 4.78 is 8.01. The van der Waals surface area contributed by atoms with E-state index in [9.17, 15) is 19.2 Å². The van der Waals surface area contributed by atoms with Crippen molar-refractivity contribution < 1.29 is 14.3 Å². The highest BCUT2D eigenvalue weighted by atomic mass is 16.5. The van der Waals surface area contributed by atoms with Crippen LogP contribution in [0, 0.1) is 5.92 Å². The van der Waals surface area contributed by atoms with Gasteiger partial charge >= 0.3 is 17.1 Å². The number of allylic oxidation sites excluding steroid dienone is 1. The number of carbonyl (C=O) groups excluding carboxylic acids is 2. The summed E-state index contributed by atoms with van der Waals surface area (Å²) >= 11 is 0. The van der Waals surface area contributed by atoms with Crippen LogP contribution in [0.2, 0.25) is 0 Å². The Balaban J connectivity index is 1.56. The van der Waals surface area contributed by atoms with E-state index in [-0.39, 0.29) is 30.9 Å². The lowest BCUT2D eigenvalue weighted by Crippen LogP contribution is -2.42. The topological polar surface area (TPSA) is 90.6 Å². The first kappa shape index (κ1) is 24.2. The zero-order valence-electron chi connectivity index (χ0n) is 19.8. The summed E-state index contributed by atoms with van der Waals surface area (Å²) in [7, 11) is 0. The van der Waals surface area contributed by atoms with Crippen molar-refractivity contribution in [3.63, 3.8) is 0 Å². The first-order valence-electron chi connectivity index (χ1n) is 11.8. The van der Waals surface area contributed by atoms with Crippen LogP contribution >= 0.6 is 0 Å². The average molecular weight is 476 g/mol. The molecule has 1 amide bonds. The molecule has 0 saturated carbocycles. The smallest absolute Gasteiger partial charge is 0.317 e. The SMILES string of the molecule is C=CCn1c(=O)c(=O)n(Cc2ccc(C(=O)N3CCCC(C(=O)OCC)C3)cc2)c2ccccc21. The molecular formula is C27H29N3O5. The lowest BCUT2D eigenvalue weighted by Gasteiger charge is -2.31. The molecule has 0 radical (unpaired) electrons. The van der Waals surface area contributed by atoms with Crippen molar-refractivity contribution in [2.24, 2.45) is 5.92 Å². The maximum absolute atomic E-state index is 13.0. The molecule has 1 atom stereocenters. The molecule has 1 saturated heterocycles. The molecule has 1 aliphatic heterocycles. The normalized spacial score (nSPS) is 15.7. The zero-order chi connectivity index (χ0) is 24.9. The van der Waals surface area contributed by atoms with Crippen molar-refractivity contribution in [3.05, 3.63) is 93.0 Å². The van der Waals surface area contributed by atoms with Crippen LogP contribution < -0.4 is 11.1 Å². The number of piperidine rings is 1. The number of aromatic nitrogens is 2. The van der Waals surface area contributed by atoms with Gasteiger partial charge < -0.3 is 9.64 Å². The van der Waals surface area contributed by atoms with Gasteiger partial charge in [-0.1, -0.05) is 30.3 Å². The zero-order valence-corrected chi connectivity index (χ0v) is 19.8. The number of fused-ring (bicyclic) bond motifs is 1. The molecule has 1 unspecified atom stereocenters. The number of hydrogen-bond acceptors (Lipinski definition) is 5. The van der Waals surface area contributed by atoms with E-state index in [0.717, 1.165) is 18.4 Å². The van der Waals surface area contributed by atoms with E-state index in [2.05, 4.69) is 6.58 Å². The fraction of sp³-hybridized carbons (Fsp3) is 0.333. The van der Waals surface area contributed by atoms with Crippen molar-refractivity contribution in [1.29, 1.82) is 0 Å². The van der Waals surface area contributed by atoms with E-state index in [1.807, 2.05) is 18.2 Å². The van der Waals surface area contributed by atoms with E-state index in [0.29, 0.717) is 36.3 Å². The molecule has 3 aromatic rings. The fourth-order valence-corrected chi connectivity index (χ4v) is 4.57. The number of ether oxygens (including phenoxy) is 1. The number of amides is 1. The minimum Gasteiger partial charge on any atom is -0.466 e. The number of benzene rings is 2. The Morgan fingerprint density at radius 2 is 1.69 bits per heavy atom. The third-order valence-electron chi connectivity index (χ3n) is 6.32. The molecule has 8 heteroatoms. The van der Waals surface area contributed by atoms with Gasteiger partial charge in [-0.2, -0.15) is 0 Å². The molecule has 0 aliphatic carbocycles. The van der Waals surface area contributed by atoms with Gasteiger partial charge in [-0.3, -0.25) is 28.3 Å². The molecule has 1 fully saturated rings. The summed E-state index contributed by atoms with van der Waals surface area (Å²) in [6, 6.07) is 14.3. The van der Waals surface area contributed by atoms with Gasteiger partial charge in [0.2, 0.25) is 0 Å². The molecule has 4 rings (SSSR count). The van der Waals surface area contributed by atoms with Crippen molar-refractivity contribution in [2.45, 2.75) is 32.9 Å². The predicted octanol–water partition coefficient (Wildman–Crippen LogP) is 2.81. The first-order chi connectivity index (χ1) is 16.9. The highest BCUT2D eigenvalue weighted by Gasteiger charge is 2.29. The molecule has 0 spiro atoms. The second kappa shape index (κ2) is 10.5. The van der Waals surface area contributed by atoms with Crippen molar-refractivity contribution in [1.82, 2.24) is 14.0 Å². The van der Waals surface area contributed by atoms with Crippen LogP contribution in [0.3, 0.4) is 0 Å². The molecule has 8 nitrogen and oxygen atoms in total. The molecule has 2 aromatic carbocycles. The second-order valence-corrected chi connectivity index (χ2v) is 8.62. The minimum absolute atomic E-state index is 0.139.